The zero-order chi connectivity index (χ0) is 28.7. The molecule has 0 aliphatic carbocycles. The van der Waals surface area contributed by atoms with E-state index in [1.54, 1.807) is 23.4 Å². The van der Waals surface area contributed by atoms with Gasteiger partial charge in [0.2, 0.25) is 5.75 Å². The molecule has 0 radical (unpaired) electrons. The van der Waals surface area contributed by atoms with Crippen molar-refractivity contribution in [1.82, 2.24) is 24.2 Å². The minimum absolute atomic E-state index is 0.0823. The number of likely N-dealkylation sites (N-methyl/N-ethyl adjacent to an activating group) is 1. The quantitative estimate of drug-likeness (QED) is 0.354. The third kappa shape index (κ3) is 5.59. The SMILES string of the molecule is CN1CCN(C(=O)c2cc(F)ccc2Cc2cnc(-c3nc4c(Br)cc(N5CCOCC5)cn4c(=O)c3O)s2)CC1. The standard InChI is InChI=1S/C28H28BrFN6O4S/c1-33-4-6-35(7-5-33)27(38)21-13-18(30)3-2-17(21)12-20-15-31-26(41-20)23-24(37)28(39)36-16-19(14-22(29)25(36)32-23)34-8-10-40-11-9-34/h2-3,13-16,37H,4-12H2,1H3. The third-order valence-electron chi connectivity index (χ3n) is 7.43. The van der Waals surface area contributed by atoms with E-state index in [0.717, 1.165) is 23.7 Å². The molecule has 3 aromatic heterocycles. The van der Waals surface area contributed by atoms with Crippen molar-refractivity contribution >= 4 is 44.5 Å². The number of pyridine rings is 1. The van der Waals surface area contributed by atoms with Crippen molar-refractivity contribution in [1.29, 1.82) is 0 Å². The maximum atomic E-state index is 14.2. The molecule has 6 rings (SSSR count). The van der Waals surface area contributed by atoms with Crippen molar-refractivity contribution in [3.63, 3.8) is 0 Å². The fourth-order valence-electron chi connectivity index (χ4n) is 5.09. The van der Waals surface area contributed by atoms with Crippen LogP contribution in [-0.4, -0.2) is 94.7 Å². The molecule has 214 valence electrons. The second-order valence-corrected chi connectivity index (χ2v) is 12.1. The highest BCUT2D eigenvalue weighted by molar-refractivity contribution is 9.10. The molecule has 2 aliphatic rings. The minimum Gasteiger partial charge on any atom is -0.501 e. The monoisotopic (exact) mass is 642 g/mol. The minimum atomic E-state index is -0.601. The Morgan fingerprint density at radius 1 is 1.15 bits per heavy atom. The van der Waals surface area contributed by atoms with Crippen LogP contribution < -0.4 is 10.5 Å². The number of anilines is 1. The van der Waals surface area contributed by atoms with E-state index in [1.165, 1.54) is 27.9 Å². The third-order valence-corrected chi connectivity index (χ3v) is 9.02. The summed E-state index contributed by atoms with van der Waals surface area (Å²) in [4.78, 5) is 42.4. The van der Waals surface area contributed by atoms with Gasteiger partial charge in [0.25, 0.3) is 5.91 Å². The van der Waals surface area contributed by atoms with Gasteiger partial charge in [0.05, 0.1) is 23.4 Å². The van der Waals surface area contributed by atoms with Crippen LogP contribution in [0.15, 0.2) is 45.9 Å². The van der Waals surface area contributed by atoms with Gasteiger partial charge in [-0.25, -0.2) is 14.4 Å². The molecule has 1 amide bonds. The number of benzene rings is 1. The van der Waals surface area contributed by atoms with Gasteiger partial charge < -0.3 is 24.5 Å². The molecule has 0 unspecified atom stereocenters. The molecule has 0 saturated carbocycles. The van der Waals surface area contributed by atoms with Gasteiger partial charge >= 0.3 is 5.56 Å². The lowest BCUT2D eigenvalue weighted by Gasteiger charge is -2.32. The van der Waals surface area contributed by atoms with E-state index >= 15 is 0 Å². The molecule has 5 heterocycles. The van der Waals surface area contributed by atoms with Gasteiger partial charge in [-0.2, -0.15) is 0 Å². The lowest BCUT2D eigenvalue weighted by Crippen LogP contribution is -2.47. The lowest BCUT2D eigenvalue weighted by atomic mass is 10.0. The molecule has 4 aromatic rings. The Labute approximate surface area is 247 Å². The van der Waals surface area contributed by atoms with E-state index in [2.05, 4.69) is 35.7 Å². The molecule has 0 spiro atoms. The smallest absolute Gasteiger partial charge is 0.300 e. The number of piperazine rings is 1. The topological polar surface area (TPSA) is 104 Å². The van der Waals surface area contributed by atoms with Crippen LogP contribution in [0.4, 0.5) is 10.1 Å². The van der Waals surface area contributed by atoms with Gasteiger partial charge in [-0.1, -0.05) is 6.07 Å². The highest BCUT2D eigenvalue weighted by Crippen LogP contribution is 2.33. The van der Waals surface area contributed by atoms with Gasteiger partial charge in [-0.15, -0.1) is 11.3 Å². The van der Waals surface area contributed by atoms with E-state index in [-0.39, 0.29) is 11.6 Å². The zero-order valence-electron chi connectivity index (χ0n) is 22.3. The Morgan fingerprint density at radius 2 is 1.90 bits per heavy atom. The van der Waals surface area contributed by atoms with Crippen molar-refractivity contribution in [2.45, 2.75) is 6.42 Å². The molecule has 13 heteroatoms. The van der Waals surface area contributed by atoms with E-state index in [1.807, 2.05) is 13.1 Å². The Hall–Kier alpha value is -3.39. The summed E-state index contributed by atoms with van der Waals surface area (Å²) in [5.41, 5.74) is 1.67. The number of amides is 1. The first-order chi connectivity index (χ1) is 19.8. The predicted molar refractivity (Wildman–Crippen MR) is 158 cm³/mol. The maximum Gasteiger partial charge on any atom is 0.300 e. The highest BCUT2D eigenvalue weighted by Gasteiger charge is 2.24. The van der Waals surface area contributed by atoms with E-state index in [0.29, 0.717) is 72.1 Å². The Balaban J connectivity index is 1.30. The van der Waals surface area contributed by atoms with Crippen molar-refractivity contribution in [3.05, 3.63) is 73.3 Å². The maximum absolute atomic E-state index is 14.2. The Morgan fingerprint density at radius 3 is 2.66 bits per heavy atom. The largest absolute Gasteiger partial charge is 0.501 e. The summed E-state index contributed by atoms with van der Waals surface area (Å²) in [7, 11) is 2.01. The normalized spacial score (nSPS) is 16.5. The molecule has 0 atom stereocenters. The second-order valence-electron chi connectivity index (χ2n) is 10.2. The van der Waals surface area contributed by atoms with Gasteiger partial charge in [0, 0.05) is 68.5 Å². The molecule has 2 saturated heterocycles. The molecule has 10 nitrogen and oxygen atoms in total. The number of carbonyl (C=O) groups is 1. The number of morpholine rings is 1. The van der Waals surface area contributed by atoms with E-state index in [9.17, 15) is 19.1 Å². The molecule has 1 aromatic carbocycles. The number of carbonyl (C=O) groups excluding carboxylic acids is 1. The summed E-state index contributed by atoms with van der Waals surface area (Å²) in [5, 5.41) is 11.2. The number of fused-ring (bicyclic) bond motifs is 1. The van der Waals surface area contributed by atoms with E-state index < -0.39 is 17.1 Å². The van der Waals surface area contributed by atoms with Crippen molar-refractivity contribution < 1.29 is 19.0 Å². The van der Waals surface area contributed by atoms with E-state index in [4.69, 9.17) is 4.74 Å². The fraction of sp³-hybridized carbons (Fsp3) is 0.357. The van der Waals surface area contributed by atoms with Gasteiger partial charge in [-0.05, 0) is 46.7 Å². The van der Waals surface area contributed by atoms with Crippen molar-refractivity contribution in [2.75, 3.05) is 64.4 Å². The first kappa shape index (κ1) is 27.8. The lowest BCUT2D eigenvalue weighted by molar-refractivity contribution is 0.0662. The number of halogens is 2. The number of thiazole rings is 1. The summed E-state index contributed by atoms with van der Waals surface area (Å²) in [5.74, 6) is -1.16. The summed E-state index contributed by atoms with van der Waals surface area (Å²) < 4.78 is 21.6. The molecule has 2 fully saturated rings. The summed E-state index contributed by atoms with van der Waals surface area (Å²) >= 11 is 4.80. The zero-order valence-corrected chi connectivity index (χ0v) is 24.7. The fourth-order valence-corrected chi connectivity index (χ4v) is 6.53. The van der Waals surface area contributed by atoms with Gasteiger partial charge in [0.1, 0.15) is 16.5 Å². The van der Waals surface area contributed by atoms with Crippen LogP contribution in [-0.2, 0) is 11.2 Å². The van der Waals surface area contributed by atoms with Gasteiger partial charge in [0.15, 0.2) is 5.65 Å². The first-order valence-corrected chi connectivity index (χ1v) is 14.9. The highest BCUT2D eigenvalue weighted by atomic mass is 79.9. The summed E-state index contributed by atoms with van der Waals surface area (Å²) in [6, 6.07) is 6.16. The van der Waals surface area contributed by atoms with Crippen molar-refractivity contribution in [2.24, 2.45) is 0 Å². The van der Waals surface area contributed by atoms with Crippen LogP contribution >= 0.6 is 27.3 Å². The molecular weight excluding hydrogens is 615 g/mol. The number of aromatic nitrogens is 3. The number of nitrogens with zero attached hydrogens (tertiary/aromatic N) is 6. The van der Waals surface area contributed by atoms with Crippen molar-refractivity contribution in [3.8, 4) is 16.5 Å². The average Bonchev–Trinajstić information content (AvgIpc) is 3.44. The van der Waals surface area contributed by atoms with Crippen LogP contribution in [0, 0.1) is 5.82 Å². The molecule has 41 heavy (non-hydrogen) atoms. The van der Waals surface area contributed by atoms with Gasteiger partial charge in [-0.3, -0.25) is 14.0 Å². The second kappa shape index (κ2) is 11.5. The molecule has 0 bridgehead atoms. The first-order valence-electron chi connectivity index (χ1n) is 13.3. The average molecular weight is 644 g/mol. The molecular formula is C28H28BrFN6O4S. The summed E-state index contributed by atoms with van der Waals surface area (Å²) in [6.45, 7) is 5.30. The van der Waals surface area contributed by atoms with Crippen LogP contribution in [0.2, 0.25) is 0 Å². The summed E-state index contributed by atoms with van der Waals surface area (Å²) in [6.07, 6.45) is 3.64. The predicted octanol–water partition coefficient (Wildman–Crippen LogP) is 3.24. The molecule has 2 aliphatic heterocycles. The number of aromatic hydroxyl groups is 1. The molecule has 1 N–H and O–H groups in total. The number of rotatable bonds is 5. The number of hydrogen-bond acceptors (Lipinski definition) is 9. The Bertz CT molecular complexity index is 1680. The van der Waals surface area contributed by atoms with Crippen LogP contribution in [0.25, 0.3) is 16.3 Å². The number of hydrogen-bond donors (Lipinski definition) is 1. The Kier molecular flexibility index (Phi) is 7.77. The van der Waals surface area contributed by atoms with Crippen LogP contribution in [0.1, 0.15) is 20.8 Å². The van der Waals surface area contributed by atoms with Crippen LogP contribution in [0.3, 0.4) is 0 Å². The van der Waals surface area contributed by atoms with Crippen LogP contribution in [0.5, 0.6) is 5.75 Å². The number of ether oxygens (including phenoxy) is 1.